The number of aliphatic hydroxyl groups excluding tert-OH is 1. The van der Waals surface area contributed by atoms with Gasteiger partial charge in [-0.2, -0.15) is 0 Å². The Bertz CT molecular complexity index is 347. The van der Waals surface area contributed by atoms with Crippen molar-refractivity contribution >= 4 is 0 Å². The van der Waals surface area contributed by atoms with Crippen molar-refractivity contribution < 1.29 is 14.6 Å². The maximum absolute atomic E-state index is 9.92. The lowest BCUT2D eigenvalue weighted by molar-refractivity contribution is -0.167. The van der Waals surface area contributed by atoms with E-state index in [1.807, 2.05) is 6.07 Å². The third-order valence-electron chi connectivity index (χ3n) is 3.27. The molecule has 0 heterocycles. The normalized spacial score (nSPS) is 20.4. The number of aliphatic hydroxyl groups is 1. The molecule has 0 aromatic heterocycles. The number of rotatable bonds is 5. The molecule has 3 nitrogen and oxygen atoms in total. The molecule has 88 valence electrons. The van der Waals surface area contributed by atoms with Crippen molar-refractivity contribution in [2.75, 3.05) is 14.2 Å². The Hall–Kier alpha value is -0.900. The summed E-state index contributed by atoms with van der Waals surface area (Å²) in [6, 6.07) is 8.37. The monoisotopic (exact) mass is 222 g/mol. The smallest absolute Gasteiger partial charge is 0.182 e. The van der Waals surface area contributed by atoms with Crippen LogP contribution in [-0.4, -0.2) is 31.7 Å². The number of hydrogen-bond acceptors (Lipinski definition) is 3. The van der Waals surface area contributed by atoms with Crippen molar-refractivity contribution in [1.29, 1.82) is 0 Å². The van der Waals surface area contributed by atoms with Gasteiger partial charge in [0.25, 0.3) is 0 Å². The van der Waals surface area contributed by atoms with Crippen LogP contribution in [0.5, 0.6) is 0 Å². The molecule has 2 unspecified atom stereocenters. The molecule has 1 N–H and O–H groups in total. The van der Waals surface area contributed by atoms with Crippen LogP contribution in [0.25, 0.3) is 0 Å². The quantitative estimate of drug-likeness (QED) is 0.771. The first-order valence-electron chi connectivity index (χ1n) is 5.57. The summed E-state index contributed by atoms with van der Waals surface area (Å²) in [7, 11) is 3.10. The molecule has 16 heavy (non-hydrogen) atoms. The molecule has 0 saturated carbocycles. The Morgan fingerprint density at radius 3 is 2.62 bits per heavy atom. The van der Waals surface area contributed by atoms with E-state index in [4.69, 9.17) is 9.47 Å². The van der Waals surface area contributed by atoms with Crippen molar-refractivity contribution in [1.82, 2.24) is 0 Å². The summed E-state index contributed by atoms with van der Waals surface area (Å²) in [5.74, 6) is 0.444. The van der Waals surface area contributed by atoms with Gasteiger partial charge in [-0.3, -0.25) is 0 Å². The topological polar surface area (TPSA) is 38.7 Å². The molecule has 0 fully saturated rings. The van der Waals surface area contributed by atoms with E-state index in [0.29, 0.717) is 12.3 Å². The summed E-state index contributed by atoms with van der Waals surface area (Å²) in [6.07, 6.45) is 0.664. The van der Waals surface area contributed by atoms with Gasteiger partial charge in [-0.15, -0.1) is 0 Å². The van der Waals surface area contributed by atoms with E-state index in [2.05, 4.69) is 18.2 Å². The molecule has 0 aliphatic heterocycles. The van der Waals surface area contributed by atoms with Crippen molar-refractivity contribution in [3.63, 3.8) is 0 Å². The Morgan fingerprint density at radius 1 is 1.31 bits per heavy atom. The third kappa shape index (κ3) is 2.12. The summed E-state index contributed by atoms with van der Waals surface area (Å²) in [5, 5.41) is 9.92. The second-order valence-electron chi connectivity index (χ2n) is 4.24. The van der Waals surface area contributed by atoms with Crippen LogP contribution in [0, 0.1) is 0 Å². The Morgan fingerprint density at radius 2 is 2.00 bits per heavy atom. The highest BCUT2D eigenvalue weighted by atomic mass is 16.7. The number of fused-ring (bicyclic) bond motifs is 1. The summed E-state index contributed by atoms with van der Waals surface area (Å²) in [6.45, 7) is 0. The van der Waals surface area contributed by atoms with Gasteiger partial charge in [0, 0.05) is 14.2 Å². The average Bonchev–Trinajstić information content (AvgIpc) is 2.27. The molecule has 0 bridgehead atoms. The van der Waals surface area contributed by atoms with Gasteiger partial charge in [0.2, 0.25) is 0 Å². The molecule has 0 amide bonds. The van der Waals surface area contributed by atoms with Crippen molar-refractivity contribution in [3.8, 4) is 0 Å². The van der Waals surface area contributed by atoms with E-state index in [1.54, 1.807) is 14.2 Å². The fourth-order valence-electron chi connectivity index (χ4n) is 2.39. The molecule has 3 heteroatoms. The second-order valence-corrected chi connectivity index (χ2v) is 4.24. The van der Waals surface area contributed by atoms with Crippen molar-refractivity contribution in [3.05, 3.63) is 35.4 Å². The van der Waals surface area contributed by atoms with Gasteiger partial charge in [0.1, 0.15) is 6.10 Å². The minimum atomic E-state index is -0.562. The lowest BCUT2D eigenvalue weighted by atomic mass is 9.75. The summed E-state index contributed by atoms with van der Waals surface area (Å²) in [4.78, 5) is 0. The van der Waals surface area contributed by atoms with Crippen LogP contribution in [0.15, 0.2) is 24.3 Å². The Balaban J connectivity index is 1.93. The first-order chi connectivity index (χ1) is 7.76. The molecule has 1 aliphatic carbocycles. The fraction of sp³-hybridized carbons (Fsp3) is 0.538. The van der Waals surface area contributed by atoms with Gasteiger partial charge in [0.05, 0.1) is 0 Å². The first-order valence-corrected chi connectivity index (χ1v) is 5.57. The SMILES string of the molecule is COC(OC)C(O)CC1Cc2ccccc21. The highest BCUT2D eigenvalue weighted by Crippen LogP contribution is 2.38. The summed E-state index contributed by atoms with van der Waals surface area (Å²) >= 11 is 0. The highest BCUT2D eigenvalue weighted by Gasteiger charge is 2.30. The highest BCUT2D eigenvalue weighted by molar-refractivity contribution is 5.39. The van der Waals surface area contributed by atoms with Crippen molar-refractivity contribution in [2.24, 2.45) is 0 Å². The van der Waals surface area contributed by atoms with Gasteiger partial charge in [0.15, 0.2) is 6.29 Å². The van der Waals surface area contributed by atoms with E-state index >= 15 is 0 Å². The lowest BCUT2D eigenvalue weighted by Gasteiger charge is -2.33. The van der Waals surface area contributed by atoms with Gasteiger partial charge in [-0.1, -0.05) is 24.3 Å². The van der Waals surface area contributed by atoms with E-state index in [0.717, 1.165) is 6.42 Å². The molecule has 0 radical (unpaired) electrons. The zero-order valence-corrected chi connectivity index (χ0v) is 9.72. The fourth-order valence-corrected chi connectivity index (χ4v) is 2.39. The van der Waals surface area contributed by atoms with Crippen LogP contribution in [0.1, 0.15) is 23.5 Å². The maximum Gasteiger partial charge on any atom is 0.182 e. The van der Waals surface area contributed by atoms with Gasteiger partial charge < -0.3 is 14.6 Å². The lowest BCUT2D eigenvalue weighted by Crippen LogP contribution is -2.33. The van der Waals surface area contributed by atoms with Crippen LogP contribution >= 0.6 is 0 Å². The molecular formula is C13H18O3. The van der Waals surface area contributed by atoms with Crippen LogP contribution < -0.4 is 0 Å². The van der Waals surface area contributed by atoms with Crippen LogP contribution in [0.2, 0.25) is 0 Å². The number of ether oxygens (including phenoxy) is 2. The van der Waals surface area contributed by atoms with Crippen LogP contribution in [0.3, 0.4) is 0 Å². The Kier molecular flexibility index (Phi) is 3.59. The van der Waals surface area contributed by atoms with E-state index < -0.39 is 12.4 Å². The number of benzene rings is 1. The number of hydrogen-bond donors (Lipinski definition) is 1. The summed E-state index contributed by atoms with van der Waals surface area (Å²) < 4.78 is 10.1. The second kappa shape index (κ2) is 4.95. The summed E-state index contributed by atoms with van der Waals surface area (Å²) in [5.41, 5.74) is 2.75. The van der Waals surface area contributed by atoms with E-state index in [9.17, 15) is 5.11 Å². The van der Waals surface area contributed by atoms with Crippen molar-refractivity contribution in [2.45, 2.75) is 31.2 Å². The molecule has 1 aliphatic rings. The van der Waals surface area contributed by atoms with E-state index in [1.165, 1.54) is 11.1 Å². The standard InChI is InChI=1S/C13H18O3/c1-15-13(16-2)12(14)8-10-7-9-5-3-4-6-11(9)10/h3-6,10,12-14H,7-8H2,1-2H3. The molecule has 2 atom stereocenters. The maximum atomic E-state index is 9.92. The molecule has 0 spiro atoms. The average molecular weight is 222 g/mol. The van der Waals surface area contributed by atoms with Gasteiger partial charge >= 0.3 is 0 Å². The predicted molar refractivity (Wildman–Crippen MR) is 61.3 cm³/mol. The van der Waals surface area contributed by atoms with Gasteiger partial charge in [-0.05, 0) is 29.9 Å². The van der Waals surface area contributed by atoms with Gasteiger partial charge in [-0.25, -0.2) is 0 Å². The zero-order chi connectivity index (χ0) is 11.5. The molecule has 1 aromatic carbocycles. The minimum absolute atomic E-state index is 0.444. The molecule has 1 aromatic rings. The van der Waals surface area contributed by atoms with Crippen LogP contribution in [-0.2, 0) is 15.9 Å². The van der Waals surface area contributed by atoms with Crippen LogP contribution in [0.4, 0.5) is 0 Å². The minimum Gasteiger partial charge on any atom is -0.388 e. The molecule has 0 saturated heterocycles. The first kappa shape index (κ1) is 11.6. The molecule has 2 rings (SSSR count). The predicted octanol–water partition coefficient (Wildman–Crippen LogP) is 1.70. The number of methoxy groups -OCH3 is 2. The largest absolute Gasteiger partial charge is 0.388 e. The zero-order valence-electron chi connectivity index (χ0n) is 9.72. The third-order valence-corrected chi connectivity index (χ3v) is 3.27. The Labute approximate surface area is 96.0 Å². The molecular weight excluding hydrogens is 204 g/mol. The van der Waals surface area contributed by atoms with E-state index in [-0.39, 0.29) is 0 Å².